The van der Waals surface area contributed by atoms with E-state index in [4.69, 9.17) is 0 Å². The third kappa shape index (κ3) is 3.67. The van der Waals surface area contributed by atoms with Crippen LogP contribution in [0.1, 0.15) is 23.6 Å². The summed E-state index contributed by atoms with van der Waals surface area (Å²) in [4.78, 5) is 1.18. The number of sulfonamides is 1. The Labute approximate surface area is 129 Å². The maximum absolute atomic E-state index is 12.4. The van der Waals surface area contributed by atoms with E-state index in [0.717, 1.165) is 23.3 Å². The van der Waals surface area contributed by atoms with E-state index in [1.807, 2.05) is 48.5 Å². The molecule has 0 saturated heterocycles. The van der Waals surface area contributed by atoms with Gasteiger partial charge in [0.05, 0.1) is 5.75 Å². The van der Waals surface area contributed by atoms with Crippen LogP contribution in [0.15, 0.2) is 59.5 Å². The van der Waals surface area contributed by atoms with E-state index in [1.54, 1.807) is 11.8 Å². The molecule has 1 aliphatic heterocycles. The summed E-state index contributed by atoms with van der Waals surface area (Å²) in [5.41, 5.74) is 1.90. The van der Waals surface area contributed by atoms with Crippen LogP contribution in [0.2, 0.25) is 0 Å². The first-order valence-corrected chi connectivity index (χ1v) is 9.53. The molecule has 1 heterocycles. The van der Waals surface area contributed by atoms with Gasteiger partial charge in [0.15, 0.2) is 0 Å². The number of rotatable bonds is 4. The van der Waals surface area contributed by atoms with E-state index in [0.29, 0.717) is 0 Å². The highest BCUT2D eigenvalue weighted by molar-refractivity contribution is 7.99. The Bertz CT molecular complexity index is 714. The fourth-order valence-electron chi connectivity index (χ4n) is 2.52. The van der Waals surface area contributed by atoms with Crippen LogP contribution in [0.25, 0.3) is 0 Å². The van der Waals surface area contributed by atoms with Gasteiger partial charge in [0, 0.05) is 10.9 Å². The summed E-state index contributed by atoms with van der Waals surface area (Å²) in [5.74, 6) is 0.967. The largest absolute Gasteiger partial charge is 0.216 e. The second-order valence-corrected chi connectivity index (χ2v) is 7.98. The molecular weight excluding hydrogens is 302 g/mol. The maximum Gasteiger partial charge on any atom is 0.216 e. The van der Waals surface area contributed by atoms with E-state index in [-0.39, 0.29) is 11.8 Å². The Morgan fingerprint density at radius 1 is 1.05 bits per heavy atom. The summed E-state index contributed by atoms with van der Waals surface area (Å²) in [7, 11) is -3.34. The van der Waals surface area contributed by atoms with Gasteiger partial charge in [-0.25, -0.2) is 13.1 Å². The molecule has 1 aliphatic rings. The third-order valence-electron chi connectivity index (χ3n) is 3.48. The average molecular weight is 319 g/mol. The minimum atomic E-state index is -3.34. The van der Waals surface area contributed by atoms with E-state index in [9.17, 15) is 8.42 Å². The van der Waals surface area contributed by atoms with Gasteiger partial charge in [0.1, 0.15) is 0 Å². The van der Waals surface area contributed by atoms with Crippen molar-refractivity contribution in [2.45, 2.75) is 23.1 Å². The first-order valence-electron chi connectivity index (χ1n) is 6.90. The summed E-state index contributed by atoms with van der Waals surface area (Å²) in [5, 5.41) is 0. The van der Waals surface area contributed by atoms with E-state index < -0.39 is 10.0 Å². The molecule has 2 aromatic carbocycles. The van der Waals surface area contributed by atoms with Gasteiger partial charge in [-0.15, -0.1) is 11.8 Å². The summed E-state index contributed by atoms with van der Waals surface area (Å²) < 4.78 is 27.6. The number of hydrogen-bond acceptors (Lipinski definition) is 3. The second-order valence-electron chi connectivity index (χ2n) is 5.09. The zero-order chi connectivity index (χ0) is 14.7. The van der Waals surface area contributed by atoms with Gasteiger partial charge in [0.25, 0.3) is 0 Å². The molecule has 1 atom stereocenters. The lowest BCUT2D eigenvalue weighted by Gasteiger charge is -2.25. The highest BCUT2D eigenvalue weighted by Gasteiger charge is 2.24. The van der Waals surface area contributed by atoms with Gasteiger partial charge in [0.2, 0.25) is 10.0 Å². The summed E-state index contributed by atoms with van der Waals surface area (Å²) in [6.45, 7) is 0. The lowest BCUT2D eigenvalue weighted by molar-refractivity contribution is 0.545. The molecule has 3 rings (SSSR count). The minimum absolute atomic E-state index is 0.0274. The van der Waals surface area contributed by atoms with Crippen molar-refractivity contribution in [2.24, 2.45) is 0 Å². The van der Waals surface area contributed by atoms with Crippen molar-refractivity contribution in [2.75, 3.05) is 5.75 Å². The van der Waals surface area contributed by atoms with Crippen LogP contribution in [0.3, 0.4) is 0 Å². The predicted octanol–water partition coefficient (Wildman–Crippen LogP) is 3.34. The molecule has 1 N–H and O–H groups in total. The maximum atomic E-state index is 12.4. The first-order chi connectivity index (χ1) is 10.1. The molecule has 0 fully saturated rings. The van der Waals surface area contributed by atoms with Crippen LogP contribution >= 0.6 is 11.8 Å². The zero-order valence-electron chi connectivity index (χ0n) is 11.5. The number of fused-ring (bicyclic) bond motifs is 1. The van der Waals surface area contributed by atoms with Crippen LogP contribution in [-0.2, 0) is 15.8 Å². The molecule has 0 saturated carbocycles. The summed E-state index contributed by atoms with van der Waals surface area (Å²) >= 11 is 1.79. The van der Waals surface area contributed by atoms with E-state index in [1.165, 1.54) is 4.90 Å². The van der Waals surface area contributed by atoms with Crippen molar-refractivity contribution < 1.29 is 8.42 Å². The molecule has 2 aromatic rings. The monoisotopic (exact) mass is 319 g/mol. The van der Waals surface area contributed by atoms with Gasteiger partial charge < -0.3 is 0 Å². The molecular formula is C16H17NO2S2. The van der Waals surface area contributed by atoms with Gasteiger partial charge in [-0.1, -0.05) is 48.5 Å². The van der Waals surface area contributed by atoms with Crippen LogP contribution in [0.5, 0.6) is 0 Å². The molecule has 0 unspecified atom stereocenters. The lowest BCUT2D eigenvalue weighted by Crippen LogP contribution is -2.31. The van der Waals surface area contributed by atoms with Crippen molar-refractivity contribution in [3.8, 4) is 0 Å². The van der Waals surface area contributed by atoms with Crippen LogP contribution < -0.4 is 4.72 Å². The molecule has 21 heavy (non-hydrogen) atoms. The number of hydrogen-bond donors (Lipinski definition) is 1. The van der Waals surface area contributed by atoms with Crippen LogP contribution in [0.4, 0.5) is 0 Å². The fraction of sp³-hybridized carbons (Fsp3) is 0.250. The molecule has 0 aromatic heterocycles. The van der Waals surface area contributed by atoms with Crippen molar-refractivity contribution in [3.05, 3.63) is 65.7 Å². The third-order valence-corrected chi connectivity index (χ3v) is 5.96. The number of nitrogens with one attached hydrogen (secondary N) is 1. The normalized spacial score (nSPS) is 18.2. The molecule has 110 valence electrons. The Balaban J connectivity index is 1.78. The first kappa shape index (κ1) is 14.6. The molecule has 0 aliphatic carbocycles. The molecule has 0 radical (unpaired) electrons. The zero-order valence-corrected chi connectivity index (χ0v) is 13.2. The standard InChI is InChI=1S/C16H17NO2S2/c18-21(19,12-13-6-2-1-3-7-13)17-15-10-11-20-16-9-5-4-8-14(15)16/h1-9,15,17H,10-12H2/t15-/m1/s1. The topological polar surface area (TPSA) is 46.2 Å². The second kappa shape index (κ2) is 6.22. The summed E-state index contributed by atoms with van der Waals surface area (Å²) in [6, 6.07) is 17.2. The Kier molecular flexibility index (Phi) is 4.33. The van der Waals surface area contributed by atoms with Gasteiger partial charge in [-0.2, -0.15) is 0 Å². The molecule has 5 heteroatoms. The smallest absolute Gasteiger partial charge is 0.212 e. The van der Waals surface area contributed by atoms with Crippen molar-refractivity contribution in [1.82, 2.24) is 4.72 Å². The lowest BCUT2D eigenvalue weighted by atomic mass is 10.1. The van der Waals surface area contributed by atoms with Gasteiger partial charge in [-0.3, -0.25) is 0 Å². The number of thioether (sulfide) groups is 1. The Morgan fingerprint density at radius 2 is 1.76 bits per heavy atom. The van der Waals surface area contributed by atoms with Crippen molar-refractivity contribution in [1.29, 1.82) is 0 Å². The molecule has 0 bridgehead atoms. The fourth-order valence-corrected chi connectivity index (χ4v) is 5.03. The summed E-state index contributed by atoms with van der Waals surface area (Å²) in [6.07, 6.45) is 0.829. The van der Waals surface area contributed by atoms with Gasteiger partial charge in [-0.05, 0) is 29.4 Å². The Morgan fingerprint density at radius 3 is 2.57 bits per heavy atom. The quantitative estimate of drug-likeness (QED) is 0.940. The van der Waals surface area contributed by atoms with Crippen molar-refractivity contribution in [3.63, 3.8) is 0 Å². The molecule has 3 nitrogen and oxygen atoms in total. The minimum Gasteiger partial charge on any atom is -0.212 e. The molecule has 0 spiro atoms. The molecule has 0 amide bonds. The Hall–Kier alpha value is -1.30. The SMILES string of the molecule is O=S(=O)(Cc1ccccc1)N[C@@H]1CCSc2ccccc21. The average Bonchev–Trinajstić information content (AvgIpc) is 2.48. The highest BCUT2D eigenvalue weighted by Crippen LogP contribution is 2.36. The van der Waals surface area contributed by atoms with Crippen LogP contribution in [-0.4, -0.2) is 14.2 Å². The number of benzene rings is 2. The van der Waals surface area contributed by atoms with Gasteiger partial charge >= 0.3 is 0 Å². The van der Waals surface area contributed by atoms with E-state index in [2.05, 4.69) is 10.8 Å². The highest BCUT2D eigenvalue weighted by atomic mass is 32.2. The van der Waals surface area contributed by atoms with Crippen LogP contribution in [0, 0.1) is 0 Å². The predicted molar refractivity (Wildman–Crippen MR) is 86.7 cm³/mol. The van der Waals surface area contributed by atoms with Crippen molar-refractivity contribution >= 4 is 21.8 Å². The van der Waals surface area contributed by atoms with E-state index >= 15 is 0 Å².